The van der Waals surface area contributed by atoms with Crippen molar-refractivity contribution in [1.82, 2.24) is 10.2 Å². The summed E-state index contributed by atoms with van der Waals surface area (Å²) in [7, 11) is 1.57. The van der Waals surface area contributed by atoms with Crippen LogP contribution in [0.25, 0.3) is 0 Å². The minimum absolute atomic E-state index is 0.0267. The highest BCUT2D eigenvalue weighted by Crippen LogP contribution is 2.37. The molecule has 0 atom stereocenters. The molecule has 2 heterocycles. The summed E-state index contributed by atoms with van der Waals surface area (Å²) in [6.45, 7) is 10.3. The lowest BCUT2D eigenvalue weighted by Gasteiger charge is -2.32. The molecule has 0 saturated carbocycles. The zero-order valence-electron chi connectivity index (χ0n) is 27.6. The Kier molecular flexibility index (Phi) is 11.4. The zero-order valence-corrected chi connectivity index (χ0v) is 27.6. The number of methoxy groups -OCH3 is 1. The number of hydrogen-bond donors (Lipinski definition) is 2. The minimum atomic E-state index is -0.250. The van der Waals surface area contributed by atoms with Crippen LogP contribution in [0.1, 0.15) is 75.2 Å². The lowest BCUT2D eigenvalue weighted by molar-refractivity contribution is 0.0985. The van der Waals surface area contributed by atoms with Gasteiger partial charge in [-0.3, -0.25) is 4.79 Å². The normalized spacial score (nSPS) is 15.0. The molecule has 0 aliphatic carbocycles. The maximum absolute atomic E-state index is 13.5. The molecule has 3 amide bonds. The average Bonchev–Trinajstić information content (AvgIpc) is 3.51. The molecular weight excluding hydrogens is 580 g/mol. The Morgan fingerprint density at radius 3 is 2.33 bits per heavy atom. The second-order valence-electron chi connectivity index (χ2n) is 12.1. The van der Waals surface area contributed by atoms with Crippen molar-refractivity contribution in [2.24, 2.45) is 0 Å². The number of urea groups is 1. The highest BCUT2D eigenvalue weighted by molar-refractivity contribution is 6.07. The average molecular weight is 629 g/mol. The Hall–Kier alpha value is -4.24. The third-order valence-electron chi connectivity index (χ3n) is 8.93. The summed E-state index contributed by atoms with van der Waals surface area (Å²) in [5, 5.41) is 5.83. The number of anilines is 2. The van der Waals surface area contributed by atoms with E-state index in [1.54, 1.807) is 25.3 Å². The van der Waals surface area contributed by atoms with Crippen LogP contribution in [0.15, 0.2) is 60.7 Å². The predicted molar refractivity (Wildman–Crippen MR) is 183 cm³/mol. The van der Waals surface area contributed by atoms with Gasteiger partial charge in [-0.1, -0.05) is 27.2 Å². The largest absolute Gasteiger partial charge is 0.493 e. The molecule has 9 heteroatoms. The van der Waals surface area contributed by atoms with Gasteiger partial charge in [0, 0.05) is 48.7 Å². The number of unbranched alkanes of at least 4 members (excludes halogenated alkanes) is 1. The van der Waals surface area contributed by atoms with Crippen LogP contribution < -0.4 is 29.7 Å². The van der Waals surface area contributed by atoms with E-state index in [0.717, 1.165) is 62.2 Å². The van der Waals surface area contributed by atoms with Crippen LogP contribution in [0, 0.1) is 0 Å². The molecule has 0 spiro atoms. The molecule has 3 aromatic carbocycles. The van der Waals surface area contributed by atoms with Gasteiger partial charge in [0.1, 0.15) is 17.6 Å². The number of piperidine rings is 1. The van der Waals surface area contributed by atoms with Gasteiger partial charge < -0.3 is 34.6 Å². The van der Waals surface area contributed by atoms with E-state index in [2.05, 4.69) is 22.5 Å². The molecule has 0 bridgehead atoms. The lowest BCUT2D eigenvalue weighted by atomic mass is 10.1. The molecule has 9 nitrogen and oxygen atoms in total. The molecule has 0 aromatic heterocycles. The second kappa shape index (κ2) is 15.9. The fourth-order valence-corrected chi connectivity index (χ4v) is 6.11. The molecule has 2 aliphatic heterocycles. The van der Waals surface area contributed by atoms with E-state index in [4.69, 9.17) is 14.2 Å². The van der Waals surface area contributed by atoms with E-state index >= 15 is 0 Å². The van der Waals surface area contributed by atoms with Gasteiger partial charge in [-0.2, -0.15) is 0 Å². The van der Waals surface area contributed by atoms with Crippen molar-refractivity contribution in [2.75, 3.05) is 43.5 Å². The minimum Gasteiger partial charge on any atom is -0.493 e. The van der Waals surface area contributed by atoms with Crippen molar-refractivity contribution >= 4 is 23.3 Å². The van der Waals surface area contributed by atoms with E-state index in [1.807, 2.05) is 61.2 Å². The quantitative estimate of drug-likeness (QED) is 0.202. The SMILES string of the molecule is CCCCN1CCC(Oc2ccc(C(=O)N3CCc4cc(Oc5ccc(NC(=O)NC(CC)CC)cc5OC)ccc43)cc2)CC1. The van der Waals surface area contributed by atoms with Gasteiger partial charge in [0.25, 0.3) is 5.91 Å². The summed E-state index contributed by atoms with van der Waals surface area (Å²) in [4.78, 5) is 30.2. The van der Waals surface area contributed by atoms with E-state index in [0.29, 0.717) is 35.0 Å². The first-order valence-corrected chi connectivity index (χ1v) is 16.8. The smallest absolute Gasteiger partial charge is 0.319 e. The van der Waals surface area contributed by atoms with Gasteiger partial charge in [0.2, 0.25) is 0 Å². The van der Waals surface area contributed by atoms with Crippen molar-refractivity contribution in [2.45, 2.75) is 77.9 Å². The number of ether oxygens (including phenoxy) is 3. The summed E-state index contributed by atoms with van der Waals surface area (Å²) in [6.07, 6.45) is 7.25. The summed E-state index contributed by atoms with van der Waals surface area (Å²) in [6, 6.07) is 18.5. The molecule has 0 radical (unpaired) electrons. The van der Waals surface area contributed by atoms with Crippen LogP contribution in [-0.4, -0.2) is 62.3 Å². The number of hydrogen-bond acceptors (Lipinski definition) is 6. The first-order chi connectivity index (χ1) is 22.4. The Balaban J connectivity index is 1.17. The second-order valence-corrected chi connectivity index (χ2v) is 12.1. The number of carbonyl (C=O) groups is 2. The molecule has 46 heavy (non-hydrogen) atoms. The number of nitrogens with zero attached hydrogens (tertiary/aromatic N) is 2. The lowest BCUT2D eigenvalue weighted by Crippen LogP contribution is -2.38. The standard InChI is InChI=1S/C37H48N4O5/c1-5-8-20-40-21-18-31(19-22-40)45-30-12-9-26(10-13-30)36(42)41-23-17-27-24-32(14-15-33(27)41)46-34-16-11-29(25-35(34)44-4)39-37(43)38-28(6-2)7-3/h9-16,24-25,28,31H,5-8,17-23H2,1-4H3,(H2,38,39,43). The van der Waals surface area contributed by atoms with Crippen LogP contribution in [0.5, 0.6) is 23.0 Å². The fraction of sp³-hybridized carbons (Fsp3) is 0.459. The van der Waals surface area contributed by atoms with Crippen molar-refractivity contribution in [3.63, 3.8) is 0 Å². The molecule has 2 aliphatic rings. The number of amides is 3. The first kappa shape index (κ1) is 33.1. The molecule has 0 unspecified atom stereocenters. The Morgan fingerprint density at radius 1 is 0.891 bits per heavy atom. The first-order valence-electron chi connectivity index (χ1n) is 16.8. The molecule has 246 valence electrons. The summed E-state index contributed by atoms with van der Waals surface area (Å²) in [5.74, 6) is 2.47. The van der Waals surface area contributed by atoms with E-state index in [9.17, 15) is 9.59 Å². The highest BCUT2D eigenvalue weighted by atomic mass is 16.5. The number of rotatable bonds is 13. The summed E-state index contributed by atoms with van der Waals surface area (Å²) >= 11 is 0. The van der Waals surface area contributed by atoms with Gasteiger partial charge in [0.15, 0.2) is 11.5 Å². The van der Waals surface area contributed by atoms with Gasteiger partial charge in [-0.15, -0.1) is 0 Å². The van der Waals surface area contributed by atoms with Gasteiger partial charge in [-0.05, 0) is 105 Å². The van der Waals surface area contributed by atoms with Crippen molar-refractivity contribution in [1.29, 1.82) is 0 Å². The van der Waals surface area contributed by atoms with Crippen LogP contribution in [0.3, 0.4) is 0 Å². The van der Waals surface area contributed by atoms with Crippen molar-refractivity contribution < 1.29 is 23.8 Å². The van der Waals surface area contributed by atoms with Crippen LogP contribution in [0.4, 0.5) is 16.2 Å². The van der Waals surface area contributed by atoms with Crippen LogP contribution >= 0.6 is 0 Å². The number of fused-ring (bicyclic) bond motifs is 1. The molecule has 1 fully saturated rings. The summed E-state index contributed by atoms with van der Waals surface area (Å²) < 4.78 is 18.0. The predicted octanol–water partition coefficient (Wildman–Crippen LogP) is 7.64. The van der Waals surface area contributed by atoms with Gasteiger partial charge in [0.05, 0.1) is 7.11 Å². The Bertz CT molecular complexity index is 1470. The highest BCUT2D eigenvalue weighted by Gasteiger charge is 2.27. The summed E-state index contributed by atoms with van der Waals surface area (Å²) in [5.41, 5.74) is 3.19. The number of benzene rings is 3. The topological polar surface area (TPSA) is 92.4 Å². The third kappa shape index (κ3) is 8.31. The fourth-order valence-electron chi connectivity index (χ4n) is 6.11. The molecule has 1 saturated heterocycles. The monoisotopic (exact) mass is 628 g/mol. The van der Waals surface area contributed by atoms with Crippen molar-refractivity contribution in [3.05, 3.63) is 71.8 Å². The maximum atomic E-state index is 13.5. The molecular formula is C37H48N4O5. The zero-order chi connectivity index (χ0) is 32.5. The van der Waals surface area contributed by atoms with Gasteiger partial charge in [-0.25, -0.2) is 4.79 Å². The van der Waals surface area contributed by atoms with E-state index in [-0.39, 0.29) is 24.1 Å². The number of likely N-dealkylation sites (tertiary alicyclic amines) is 1. The molecule has 3 aromatic rings. The molecule has 5 rings (SSSR count). The van der Waals surface area contributed by atoms with E-state index < -0.39 is 0 Å². The van der Waals surface area contributed by atoms with Crippen LogP contribution in [-0.2, 0) is 6.42 Å². The van der Waals surface area contributed by atoms with Gasteiger partial charge >= 0.3 is 6.03 Å². The number of carbonyl (C=O) groups excluding carboxylic acids is 2. The third-order valence-corrected chi connectivity index (χ3v) is 8.93. The Labute approximate surface area is 273 Å². The maximum Gasteiger partial charge on any atom is 0.319 e. The van der Waals surface area contributed by atoms with Crippen LogP contribution in [0.2, 0.25) is 0 Å². The van der Waals surface area contributed by atoms with E-state index in [1.165, 1.54) is 19.4 Å². The van der Waals surface area contributed by atoms with Crippen molar-refractivity contribution in [3.8, 4) is 23.0 Å². The number of nitrogens with one attached hydrogen (secondary N) is 2. The molecule has 2 N–H and O–H groups in total. The Morgan fingerprint density at radius 2 is 1.63 bits per heavy atom.